The van der Waals surface area contributed by atoms with Gasteiger partial charge in [0.15, 0.2) is 0 Å². The number of benzene rings is 2. The minimum Gasteiger partial charge on any atom is -0.478 e. The summed E-state index contributed by atoms with van der Waals surface area (Å²) in [7, 11) is -3.90. The molecule has 2 aromatic carbocycles. The molecule has 3 rings (SSSR count). The highest BCUT2D eigenvalue weighted by atomic mass is 32.2. The summed E-state index contributed by atoms with van der Waals surface area (Å²) in [4.78, 5) is 13.9. The van der Waals surface area contributed by atoms with Crippen molar-refractivity contribution in [2.45, 2.75) is 18.7 Å². The first-order valence-corrected chi connectivity index (χ1v) is 10.1. The number of nitrogens with one attached hydrogen (secondary N) is 1. The fourth-order valence-corrected chi connectivity index (χ4v) is 4.42. The van der Waals surface area contributed by atoms with Crippen LogP contribution in [-0.2, 0) is 14.8 Å². The van der Waals surface area contributed by atoms with Gasteiger partial charge in [-0.1, -0.05) is 17.7 Å². The van der Waals surface area contributed by atoms with Crippen molar-refractivity contribution in [1.29, 1.82) is 0 Å². The minimum atomic E-state index is -3.90. The summed E-state index contributed by atoms with van der Waals surface area (Å²) in [5.41, 5.74) is 2.23. The van der Waals surface area contributed by atoms with E-state index in [0.717, 1.165) is 11.3 Å². The molecule has 1 saturated heterocycles. The molecule has 1 fully saturated rings. The molecule has 144 valence electrons. The first-order valence-electron chi connectivity index (χ1n) is 8.58. The van der Waals surface area contributed by atoms with Crippen LogP contribution in [0.2, 0.25) is 0 Å². The normalized spacial score (nSPS) is 14.8. The molecular weight excluding hydrogens is 368 g/mol. The van der Waals surface area contributed by atoms with E-state index in [4.69, 9.17) is 4.74 Å². The molecule has 0 saturated carbocycles. The molecule has 1 aliphatic heterocycles. The first-order chi connectivity index (χ1) is 12.8. The largest absolute Gasteiger partial charge is 0.478 e. The predicted molar refractivity (Wildman–Crippen MR) is 103 cm³/mol. The fraction of sp³-hybridized carbons (Fsp3) is 0.316. The van der Waals surface area contributed by atoms with Crippen LogP contribution in [0.15, 0.2) is 41.3 Å². The second kappa shape index (κ2) is 7.58. The quantitative estimate of drug-likeness (QED) is 0.815. The molecule has 1 aliphatic rings. The summed E-state index contributed by atoms with van der Waals surface area (Å²) in [6.45, 7) is 6.05. The van der Waals surface area contributed by atoms with Crippen molar-refractivity contribution in [3.63, 3.8) is 0 Å². The standard InChI is InChI=1S/C19H22N2O5S/c1-13-3-6-18(14(2)11-13)27(24,25)20-17-5-4-15(12-16(17)19(22)23)21-7-9-26-10-8-21/h3-6,11-12,20H,7-10H2,1-2H3,(H,22,23). The monoisotopic (exact) mass is 390 g/mol. The van der Waals surface area contributed by atoms with Gasteiger partial charge in [-0.25, -0.2) is 13.2 Å². The Labute approximate surface area is 158 Å². The van der Waals surface area contributed by atoms with E-state index in [2.05, 4.69) is 4.72 Å². The molecule has 0 aromatic heterocycles. The number of rotatable bonds is 5. The molecule has 0 amide bonds. The summed E-state index contributed by atoms with van der Waals surface area (Å²) in [5.74, 6) is -1.19. The van der Waals surface area contributed by atoms with E-state index in [1.807, 2.05) is 11.8 Å². The maximum absolute atomic E-state index is 12.8. The Kier molecular flexibility index (Phi) is 5.38. The van der Waals surface area contributed by atoms with Crippen LogP contribution in [0.1, 0.15) is 21.5 Å². The van der Waals surface area contributed by atoms with Crippen LogP contribution < -0.4 is 9.62 Å². The zero-order valence-corrected chi connectivity index (χ0v) is 16.0. The number of carboxylic acids is 1. The van der Waals surface area contributed by atoms with Gasteiger partial charge >= 0.3 is 5.97 Å². The maximum Gasteiger partial charge on any atom is 0.337 e. The number of ether oxygens (including phenoxy) is 1. The van der Waals surface area contributed by atoms with Crippen LogP contribution in [0.4, 0.5) is 11.4 Å². The van der Waals surface area contributed by atoms with E-state index in [-0.39, 0.29) is 16.1 Å². The van der Waals surface area contributed by atoms with Crippen LogP contribution >= 0.6 is 0 Å². The number of morpholine rings is 1. The van der Waals surface area contributed by atoms with E-state index < -0.39 is 16.0 Å². The number of sulfonamides is 1. The molecule has 0 spiro atoms. The van der Waals surface area contributed by atoms with Gasteiger partial charge in [-0.3, -0.25) is 4.72 Å². The molecule has 0 atom stereocenters. The van der Waals surface area contributed by atoms with Gasteiger partial charge < -0.3 is 14.7 Å². The molecule has 0 aliphatic carbocycles. The second-order valence-electron chi connectivity index (χ2n) is 6.51. The second-order valence-corrected chi connectivity index (χ2v) is 8.16. The van der Waals surface area contributed by atoms with Crippen LogP contribution in [0.25, 0.3) is 0 Å². The zero-order chi connectivity index (χ0) is 19.6. The van der Waals surface area contributed by atoms with E-state index in [1.54, 1.807) is 25.1 Å². The molecular formula is C19H22N2O5S. The highest BCUT2D eigenvalue weighted by Crippen LogP contribution is 2.27. The third-order valence-corrected chi connectivity index (χ3v) is 6.00. The average molecular weight is 390 g/mol. The van der Waals surface area contributed by atoms with Gasteiger partial charge in [0.25, 0.3) is 10.0 Å². The smallest absolute Gasteiger partial charge is 0.337 e. The molecule has 2 aromatic rings. The van der Waals surface area contributed by atoms with Crippen LogP contribution in [0.5, 0.6) is 0 Å². The highest BCUT2D eigenvalue weighted by molar-refractivity contribution is 7.92. The maximum atomic E-state index is 12.8. The Morgan fingerprint density at radius 2 is 1.81 bits per heavy atom. The van der Waals surface area contributed by atoms with Crippen molar-refractivity contribution in [1.82, 2.24) is 0 Å². The van der Waals surface area contributed by atoms with Crippen molar-refractivity contribution in [2.75, 3.05) is 35.9 Å². The van der Waals surface area contributed by atoms with Gasteiger partial charge in [-0.15, -0.1) is 0 Å². The summed E-state index contributed by atoms with van der Waals surface area (Å²) in [6, 6.07) is 9.71. The Hall–Kier alpha value is -2.58. The summed E-state index contributed by atoms with van der Waals surface area (Å²) in [6.07, 6.45) is 0. The van der Waals surface area contributed by atoms with Crippen molar-refractivity contribution in [3.8, 4) is 0 Å². The molecule has 0 unspecified atom stereocenters. The average Bonchev–Trinajstić information content (AvgIpc) is 2.62. The summed E-state index contributed by atoms with van der Waals surface area (Å²) in [5, 5.41) is 9.57. The van der Waals surface area contributed by atoms with Crippen molar-refractivity contribution in [3.05, 3.63) is 53.1 Å². The molecule has 2 N–H and O–H groups in total. The third kappa shape index (κ3) is 4.23. The van der Waals surface area contributed by atoms with E-state index >= 15 is 0 Å². The van der Waals surface area contributed by atoms with Crippen LogP contribution in [0.3, 0.4) is 0 Å². The number of aryl methyl sites for hydroxylation is 2. The number of anilines is 2. The zero-order valence-electron chi connectivity index (χ0n) is 15.2. The van der Waals surface area contributed by atoms with Crippen molar-refractivity contribution in [2.24, 2.45) is 0 Å². The van der Waals surface area contributed by atoms with Crippen LogP contribution in [0, 0.1) is 13.8 Å². The lowest BCUT2D eigenvalue weighted by atomic mass is 10.1. The van der Waals surface area contributed by atoms with Crippen molar-refractivity contribution >= 4 is 27.4 Å². The van der Waals surface area contributed by atoms with Gasteiger partial charge in [0.1, 0.15) is 0 Å². The lowest BCUT2D eigenvalue weighted by Crippen LogP contribution is -2.36. The van der Waals surface area contributed by atoms with E-state index in [9.17, 15) is 18.3 Å². The summed E-state index contributed by atoms with van der Waals surface area (Å²) < 4.78 is 33.3. The minimum absolute atomic E-state index is 0.0412. The number of aromatic carboxylic acids is 1. The SMILES string of the molecule is Cc1ccc(S(=O)(=O)Nc2ccc(N3CCOCC3)cc2C(=O)O)c(C)c1. The first kappa shape index (κ1) is 19.2. The number of carbonyl (C=O) groups is 1. The number of hydrogen-bond donors (Lipinski definition) is 2. The number of nitrogens with zero attached hydrogens (tertiary/aromatic N) is 1. The lowest BCUT2D eigenvalue weighted by molar-refractivity contribution is 0.0698. The molecule has 1 heterocycles. The Morgan fingerprint density at radius 3 is 2.44 bits per heavy atom. The Morgan fingerprint density at radius 1 is 1.11 bits per heavy atom. The van der Waals surface area contributed by atoms with Gasteiger partial charge in [-0.05, 0) is 43.7 Å². The molecule has 8 heteroatoms. The van der Waals surface area contributed by atoms with Gasteiger partial charge in [0.05, 0.1) is 29.4 Å². The van der Waals surface area contributed by atoms with Gasteiger partial charge in [-0.2, -0.15) is 0 Å². The van der Waals surface area contributed by atoms with Crippen LogP contribution in [-0.4, -0.2) is 45.8 Å². The van der Waals surface area contributed by atoms with E-state index in [1.165, 1.54) is 18.2 Å². The van der Waals surface area contributed by atoms with Gasteiger partial charge in [0, 0.05) is 18.8 Å². The topological polar surface area (TPSA) is 95.9 Å². The number of carboxylic acid groups (broad SMARTS) is 1. The lowest BCUT2D eigenvalue weighted by Gasteiger charge is -2.29. The van der Waals surface area contributed by atoms with E-state index in [0.29, 0.717) is 31.9 Å². The Balaban J connectivity index is 1.94. The Bertz CT molecular complexity index is 966. The number of hydrogen-bond acceptors (Lipinski definition) is 5. The highest BCUT2D eigenvalue weighted by Gasteiger charge is 2.22. The van der Waals surface area contributed by atoms with Gasteiger partial charge in [0.2, 0.25) is 0 Å². The molecule has 0 radical (unpaired) electrons. The molecule has 0 bridgehead atoms. The summed E-state index contributed by atoms with van der Waals surface area (Å²) >= 11 is 0. The van der Waals surface area contributed by atoms with Crippen molar-refractivity contribution < 1.29 is 23.1 Å². The molecule has 27 heavy (non-hydrogen) atoms. The fourth-order valence-electron chi connectivity index (χ4n) is 3.12. The molecule has 7 nitrogen and oxygen atoms in total. The third-order valence-electron chi connectivity index (χ3n) is 4.47. The predicted octanol–water partition coefficient (Wildman–Crippen LogP) is 2.64.